The smallest absolute Gasteiger partial charge is 0.275 e. The predicted molar refractivity (Wildman–Crippen MR) is 63.7 cm³/mol. The molecule has 2 N–H and O–H groups in total. The van der Waals surface area contributed by atoms with Crippen molar-refractivity contribution in [2.75, 3.05) is 0 Å². The fraction of sp³-hybridized carbons (Fsp3) is 0.0833. The van der Waals surface area contributed by atoms with Crippen molar-refractivity contribution in [3.05, 3.63) is 46.8 Å². The zero-order valence-corrected chi connectivity index (χ0v) is 9.54. The molecule has 0 bridgehead atoms. The second-order valence-electron chi connectivity index (χ2n) is 3.47. The summed E-state index contributed by atoms with van der Waals surface area (Å²) < 4.78 is 0. The maximum Gasteiger partial charge on any atom is 0.275 e. The Morgan fingerprint density at radius 2 is 2.19 bits per heavy atom. The Labute approximate surface area is 97.3 Å². The molecule has 2 aromatic rings. The lowest BCUT2D eigenvalue weighted by atomic mass is 10.0. The Kier molecular flexibility index (Phi) is 3.03. The van der Waals surface area contributed by atoms with E-state index in [1.807, 2.05) is 36.6 Å². The first kappa shape index (κ1) is 10.9. The first-order valence-electron chi connectivity index (χ1n) is 4.81. The highest BCUT2D eigenvalue weighted by atomic mass is 32.1. The van der Waals surface area contributed by atoms with E-state index in [9.17, 15) is 4.79 Å². The van der Waals surface area contributed by atoms with E-state index in [0.29, 0.717) is 5.56 Å². The summed E-state index contributed by atoms with van der Waals surface area (Å²) in [5, 5.41) is 10.7. The van der Waals surface area contributed by atoms with Gasteiger partial charge in [-0.2, -0.15) is 0 Å². The van der Waals surface area contributed by atoms with E-state index < -0.39 is 5.91 Å². The summed E-state index contributed by atoms with van der Waals surface area (Å²) in [6, 6.07) is 9.49. The van der Waals surface area contributed by atoms with Gasteiger partial charge >= 0.3 is 0 Å². The number of nitrogens with one attached hydrogen (secondary N) is 1. The van der Waals surface area contributed by atoms with Crippen molar-refractivity contribution in [3.63, 3.8) is 0 Å². The minimum absolute atomic E-state index is 0.480. The van der Waals surface area contributed by atoms with Gasteiger partial charge in [0.2, 0.25) is 0 Å². The van der Waals surface area contributed by atoms with Crippen LogP contribution in [0.1, 0.15) is 15.9 Å². The molecule has 0 aliphatic rings. The highest BCUT2D eigenvalue weighted by Crippen LogP contribution is 2.28. The third-order valence-electron chi connectivity index (χ3n) is 2.31. The number of hydrogen-bond donors (Lipinski definition) is 2. The van der Waals surface area contributed by atoms with Crippen molar-refractivity contribution in [1.29, 1.82) is 0 Å². The Hall–Kier alpha value is -1.65. The molecule has 1 aromatic heterocycles. The number of thiophene rings is 1. The molecule has 0 spiro atoms. The van der Waals surface area contributed by atoms with Gasteiger partial charge < -0.3 is 0 Å². The van der Waals surface area contributed by atoms with E-state index in [-0.39, 0.29) is 0 Å². The summed E-state index contributed by atoms with van der Waals surface area (Å²) in [5.74, 6) is -0.480. The summed E-state index contributed by atoms with van der Waals surface area (Å²) in [5.41, 5.74) is 3.99. The molecule has 3 nitrogen and oxygen atoms in total. The predicted octanol–water partition coefficient (Wildman–Crippen LogP) is 2.84. The second-order valence-corrected chi connectivity index (χ2v) is 4.41. The molecule has 4 heteroatoms. The summed E-state index contributed by atoms with van der Waals surface area (Å²) in [4.78, 5) is 12.5. The Balaban J connectivity index is 2.57. The number of carbonyl (C=O) groups excluding carboxylic acids is 1. The van der Waals surface area contributed by atoms with Gasteiger partial charge in [-0.15, -0.1) is 11.3 Å². The molecule has 0 unspecified atom stereocenters. The van der Waals surface area contributed by atoms with Crippen LogP contribution in [0.3, 0.4) is 0 Å². The SMILES string of the molecule is Cc1ccc(-c2cccs2)c(C(=O)NO)c1. The number of amides is 1. The van der Waals surface area contributed by atoms with E-state index in [0.717, 1.165) is 16.0 Å². The molecule has 0 aliphatic carbocycles. The van der Waals surface area contributed by atoms with Gasteiger partial charge in [-0.05, 0) is 24.4 Å². The average molecular weight is 233 g/mol. The van der Waals surface area contributed by atoms with Crippen LogP contribution >= 0.6 is 11.3 Å². The Bertz CT molecular complexity index is 506. The first-order chi connectivity index (χ1) is 7.72. The van der Waals surface area contributed by atoms with Crippen molar-refractivity contribution >= 4 is 17.2 Å². The van der Waals surface area contributed by atoms with E-state index >= 15 is 0 Å². The molecule has 1 heterocycles. The lowest BCUT2D eigenvalue weighted by Gasteiger charge is -2.07. The van der Waals surface area contributed by atoms with Gasteiger partial charge in [0.25, 0.3) is 5.91 Å². The number of rotatable bonds is 2. The van der Waals surface area contributed by atoms with Crippen LogP contribution in [-0.4, -0.2) is 11.1 Å². The zero-order chi connectivity index (χ0) is 11.5. The van der Waals surface area contributed by atoms with E-state index in [1.54, 1.807) is 22.9 Å². The largest absolute Gasteiger partial charge is 0.288 e. The minimum atomic E-state index is -0.480. The lowest BCUT2D eigenvalue weighted by Crippen LogP contribution is -2.19. The fourth-order valence-corrected chi connectivity index (χ4v) is 2.32. The third kappa shape index (κ3) is 1.98. The third-order valence-corrected chi connectivity index (χ3v) is 3.21. The van der Waals surface area contributed by atoms with E-state index in [4.69, 9.17) is 5.21 Å². The van der Waals surface area contributed by atoms with E-state index in [2.05, 4.69) is 0 Å². The number of benzene rings is 1. The summed E-state index contributed by atoms with van der Waals surface area (Å²) >= 11 is 1.56. The number of carbonyl (C=O) groups is 1. The Morgan fingerprint density at radius 1 is 1.38 bits per heavy atom. The fourth-order valence-electron chi connectivity index (χ4n) is 1.55. The van der Waals surface area contributed by atoms with Gasteiger partial charge in [-0.1, -0.05) is 23.8 Å². The van der Waals surface area contributed by atoms with Crippen LogP contribution in [0, 0.1) is 6.92 Å². The molecule has 82 valence electrons. The van der Waals surface area contributed by atoms with Crippen LogP contribution in [0.4, 0.5) is 0 Å². The lowest BCUT2D eigenvalue weighted by molar-refractivity contribution is 0.0707. The van der Waals surface area contributed by atoms with Gasteiger partial charge in [0, 0.05) is 10.4 Å². The normalized spacial score (nSPS) is 10.1. The van der Waals surface area contributed by atoms with Crippen LogP contribution in [0.25, 0.3) is 10.4 Å². The molecular weight excluding hydrogens is 222 g/mol. The molecular formula is C12H11NO2S. The maximum absolute atomic E-state index is 11.5. The van der Waals surface area contributed by atoms with Gasteiger partial charge in [0.1, 0.15) is 0 Å². The van der Waals surface area contributed by atoms with Gasteiger partial charge in [-0.25, -0.2) is 5.48 Å². The molecule has 0 saturated heterocycles. The number of hydroxylamine groups is 1. The molecule has 0 atom stereocenters. The first-order valence-corrected chi connectivity index (χ1v) is 5.69. The summed E-state index contributed by atoms with van der Waals surface area (Å²) in [7, 11) is 0. The topological polar surface area (TPSA) is 49.3 Å². The molecule has 16 heavy (non-hydrogen) atoms. The summed E-state index contributed by atoms with van der Waals surface area (Å²) in [6.07, 6.45) is 0. The standard InChI is InChI=1S/C12H11NO2S/c1-8-4-5-9(11-3-2-6-16-11)10(7-8)12(14)13-15/h2-7,15H,1H3,(H,13,14). The van der Waals surface area contributed by atoms with Crippen LogP contribution in [-0.2, 0) is 0 Å². The van der Waals surface area contributed by atoms with Gasteiger partial charge in [0.15, 0.2) is 0 Å². The minimum Gasteiger partial charge on any atom is -0.288 e. The van der Waals surface area contributed by atoms with Crippen molar-refractivity contribution in [1.82, 2.24) is 5.48 Å². The van der Waals surface area contributed by atoms with Crippen molar-refractivity contribution < 1.29 is 10.0 Å². The molecule has 2 rings (SSSR count). The molecule has 0 fully saturated rings. The summed E-state index contributed by atoms with van der Waals surface area (Å²) in [6.45, 7) is 1.91. The monoisotopic (exact) mass is 233 g/mol. The highest BCUT2D eigenvalue weighted by molar-refractivity contribution is 7.13. The van der Waals surface area contributed by atoms with Gasteiger partial charge in [-0.3, -0.25) is 10.0 Å². The molecule has 0 aliphatic heterocycles. The van der Waals surface area contributed by atoms with Gasteiger partial charge in [0.05, 0.1) is 5.56 Å². The van der Waals surface area contributed by atoms with Crippen LogP contribution in [0.5, 0.6) is 0 Å². The van der Waals surface area contributed by atoms with Crippen molar-refractivity contribution in [2.24, 2.45) is 0 Å². The Morgan fingerprint density at radius 3 is 2.81 bits per heavy atom. The average Bonchev–Trinajstić information content (AvgIpc) is 2.81. The van der Waals surface area contributed by atoms with Crippen LogP contribution in [0.15, 0.2) is 35.7 Å². The highest BCUT2D eigenvalue weighted by Gasteiger charge is 2.12. The van der Waals surface area contributed by atoms with Crippen molar-refractivity contribution in [3.8, 4) is 10.4 Å². The quantitative estimate of drug-likeness (QED) is 0.619. The maximum atomic E-state index is 11.5. The number of hydrogen-bond acceptors (Lipinski definition) is 3. The van der Waals surface area contributed by atoms with Crippen LogP contribution < -0.4 is 5.48 Å². The number of aryl methyl sites for hydroxylation is 1. The van der Waals surface area contributed by atoms with E-state index in [1.165, 1.54) is 0 Å². The molecule has 1 aromatic carbocycles. The van der Waals surface area contributed by atoms with Crippen LogP contribution in [0.2, 0.25) is 0 Å². The van der Waals surface area contributed by atoms with Crippen molar-refractivity contribution in [2.45, 2.75) is 6.92 Å². The molecule has 1 amide bonds. The second kappa shape index (κ2) is 4.47. The molecule has 0 radical (unpaired) electrons. The molecule has 0 saturated carbocycles. The zero-order valence-electron chi connectivity index (χ0n) is 8.73.